The summed E-state index contributed by atoms with van der Waals surface area (Å²) in [4.78, 5) is 4.56. The van der Waals surface area contributed by atoms with Gasteiger partial charge in [-0.1, -0.05) is 32.0 Å². The second-order valence-electron chi connectivity index (χ2n) is 4.73. The van der Waals surface area contributed by atoms with Crippen molar-refractivity contribution in [1.29, 1.82) is 0 Å². The van der Waals surface area contributed by atoms with Gasteiger partial charge in [-0.05, 0) is 37.0 Å². The zero-order valence-electron chi connectivity index (χ0n) is 10.8. The van der Waals surface area contributed by atoms with E-state index >= 15 is 0 Å². The van der Waals surface area contributed by atoms with E-state index in [4.69, 9.17) is 5.73 Å². The minimum atomic E-state index is 0.209. The number of hydrogen-bond acceptors (Lipinski definition) is 2. The average molecular weight is 228 g/mol. The van der Waals surface area contributed by atoms with Gasteiger partial charge in [-0.2, -0.15) is 0 Å². The Morgan fingerprint density at radius 2 is 2.00 bits per heavy atom. The fourth-order valence-corrected chi connectivity index (χ4v) is 2.30. The van der Waals surface area contributed by atoms with Gasteiger partial charge in [0.05, 0.1) is 5.52 Å². The van der Waals surface area contributed by atoms with Crippen molar-refractivity contribution in [2.75, 3.05) is 0 Å². The first-order valence-corrected chi connectivity index (χ1v) is 6.25. The van der Waals surface area contributed by atoms with Crippen molar-refractivity contribution < 1.29 is 0 Å². The number of para-hydroxylation sites is 1. The van der Waals surface area contributed by atoms with Crippen LogP contribution in [0.1, 0.15) is 37.4 Å². The fraction of sp³-hybridized carbons (Fsp3) is 0.400. The van der Waals surface area contributed by atoms with Crippen LogP contribution in [0.2, 0.25) is 0 Å². The van der Waals surface area contributed by atoms with E-state index in [9.17, 15) is 0 Å². The lowest BCUT2D eigenvalue weighted by Gasteiger charge is -2.20. The molecule has 0 saturated heterocycles. The molecule has 2 atom stereocenters. The van der Waals surface area contributed by atoms with Crippen LogP contribution in [0.4, 0.5) is 0 Å². The van der Waals surface area contributed by atoms with E-state index in [1.807, 2.05) is 13.0 Å². The number of aryl methyl sites for hydroxylation is 1. The van der Waals surface area contributed by atoms with Crippen LogP contribution >= 0.6 is 0 Å². The van der Waals surface area contributed by atoms with Gasteiger partial charge in [-0.15, -0.1) is 0 Å². The highest BCUT2D eigenvalue weighted by atomic mass is 14.7. The number of nitrogens with zero attached hydrogens (tertiary/aromatic N) is 1. The number of nitrogens with two attached hydrogens (primary N) is 1. The molecule has 0 radical (unpaired) electrons. The fourth-order valence-electron chi connectivity index (χ4n) is 2.30. The second-order valence-corrected chi connectivity index (χ2v) is 4.73. The van der Waals surface area contributed by atoms with Crippen LogP contribution in [0.5, 0.6) is 0 Å². The lowest BCUT2D eigenvalue weighted by molar-refractivity contribution is 0.553. The van der Waals surface area contributed by atoms with Gasteiger partial charge in [0.2, 0.25) is 0 Å². The third kappa shape index (κ3) is 2.32. The van der Waals surface area contributed by atoms with Gasteiger partial charge < -0.3 is 5.73 Å². The Labute approximate surface area is 103 Å². The molecule has 1 aromatic heterocycles. The molecule has 2 aromatic rings. The first kappa shape index (κ1) is 12.1. The quantitative estimate of drug-likeness (QED) is 0.874. The third-order valence-electron chi connectivity index (χ3n) is 3.48. The zero-order valence-corrected chi connectivity index (χ0v) is 10.8. The Bertz CT molecular complexity index is 519. The molecule has 0 aliphatic carbocycles. The molecule has 0 bridgehead atoms. The maximum atomic E-state index is 6.17. The summed E-state index contributed by atoms with van der Waals surface area (Å²) >= 11 is 0. The lowest BCUT2D eigenvalue weighted by atomic mass is 9.89. The molecule has 0 aliphatic rings. The normalized spacial score (nSPS) is 14.8. The van der Waals surface area contributed by atoms with E-state index in [-0.39, 0.29) is 6.04 Å². The van der Waals surface area contributed by atoms with Crippen molar-refractivity contribution in [2.24, 2.45) is 5.73 Å². The largest absolute Gasteiger partial charge is 0.327 e. The van der Waals surface area contributed by atoms with Crippen molar-refractivity contribution in [3.63, 3.8) is 0 Å². The van der Waals surface area contributed by atoms with E-state index in [0.717, 1.165) is 17.6 Å². The summed E-state index contributed by atoms with van der Waals surface area (Å²) in [6, 6.07) is 10.7. The van der Waals surface area contributed by atoms with Gasteiger partial charge in [-0.25, -0.2) is 0 Å². The molecule has 2 heteroatoms. The summed E-state index contributed by atoms with van der Waals surface area (Å²) in [5.41, 5.74) is 9.62. The second kappa shape index (κ2) is 4.84. The Kier molecular flexibility index (Phi) is 3.43. The van der Waals surface area contributed by atoms with Crippen LogP contribution in [-0.2, 0) is 0 Å². The van der Waals surface area contributed by atoms with E-state index in [1.165, 1.54) is 10.9 Å². The van der Waals surface area contributed by atoms with Gasteiger partial charge in [0.1, 0.15) is 0 Å². The van der Waals surface area contributed by atoms with Gasteiger partial charge >= 0.3 is 0 Å². The van der Waals surface area contributed by atoms with Crippen LogP contribution in [0.3, 0.4) is 0 Å². The highest BCUT2D eigenvalue weighted by Gasteiger charge is 2.16. The molecule has 2 N–H and O–H groups in total. The van der Waals surface area contributed by atoms with Crippen LogP contribution < -0.4 is 5.73 Å². The number of aromatic nitrogens is 1. The molecule has 1 aromatic carbocycles. The van der Waals surface area contributed by atoms with E-state index in [2.05, 4.69) is 43.1 Å². The summed E-state index contributed by atoms with van der Waals surface area (Å²) in [6.45, 7) is 6.38. The topological polar surface area (TPSA) is 38.9 Å². The molecule has 1 heterocycles. The summed E-state index contributed by atoms with van der Waals surface area (Å²) < 4.78 is 0. The van der Waals surface area contributed by atoms with Gasteiger partial charge in [0.15, 0.2) is 0 Å². The molecule has 0 saturated carbocycles. The van der Waals surface area contributed by atoms with Crippen molar-refractivity contribution in [3.05, 3.63) is 41.6 Å². The minimum Gasteiger partial charge on any atom is -0.327 e. The van der Waals surface area contributed by atoms with Crippen molar-refractivity contribution in [3.8, 4) is 0 Å². The highest BCUT2D eigenvalue weighted by Crippen LogP contribution is 2.27. The molecule has 0 amide bonds. The first-order valence-electron chi connectivity index (χ1n) is 6.25. The van der Waals surface area contributed by atoms with Crippen molar-refractivity contribution in [1.82, 2.24) is 4.98 Å². The number of pyridine rings is 1. The Hall–Kier alpha value is -1.41. The predicted octanol–water partition coefficient (Wildman–Crippen LogP) is 3.38. The summed E-state index contributed by atoms with van der Waals surface area (Å²) in [6.07, 6.45) is 0.997. The van der Waals surface area contributed by atoms with Crippen LogP contribution in [-0.4, -0.2) is 11.0 Å². The van der Waals surface area contributed by atoms with Crippen LogP contribution in [0.25, 0.3) is 10.9 Å². The molecule has 2 nitrogen and oxygen atoms in total. The molecule has 2 unspecified atom stereocenters. The summed E-state index contributed by atoms with van der Waals surface area (Å²) in [5.74, 6) is 0.367. The van der Waals surface area contributed by atoms with Gasteiger partial charge in [0, 0.05) is 17.1 Å². The number of fused-ring (bicyclic) bond motifs is 1. The first-order chi connectivity index (χ1) is 8.13. The predicted molar refractivity (Wildman–Crippen MR) is 73.2 cm³/mol. The Balaban J connectivity index is 2.59. The maximum Gasteiger partial charge on any atom is 0.0708 e. The molecular weight excluding hydrogens is 208 g/mol. The van der Waals surface area contributed by atoms with Gasteiger partial charge in [0.25, 0.3) is 0 Å². The minimum absolute atomic E-state index is 0.209. The molecule has 90 valence electrons. The molecular formula is C15H20N2. The number of hydrogen-bond donors (Lipinski definition) is 1. The monoisotopic (exact) mass is 228 g/mol. The molecule has 2 rings (SSSR count). The third-order valence-corrected chi connectivity index (χ3v) is 3.48. The van der Waals surface area contributed by atoms with E-state index in [1.54, 1.807) is 0 Å². The lowest BCUT2D eigenvalue weighted by Crippen LogP contribution is -2.25. The molecule has 0 aliphatic heterocycles. The molecule has 0 fully saturated rings. The summed E-state index contributed by atoms with van der Waals surface area (Å²) in [7, 11) is 0. The molecule has 0 spiro atoms. The van der Waals surface area contributed by atoms with Crippen molar-refractivity contribution >= 4 is 10.9 Å². The van der Waals surface area contributed by atoms with Gasteiger partial charge in [-0.3, -0.25) is 4.98 Å². The zero-order chi connectivity index (χ0) is 12.4. The Morgan fingerprint density at radius 3 is 2.71 bits per heavy atom. The summed E-state index contributed by atoms with van der Waals surface area (Å²) in [5, 5.41) is 1.23. The van der Waals surface area contributed by atoms with E-state index < -0.39 is 0 Å². The standard InChI is InChI=1S/C15H20N2/c1-4-14(16)11(3)13-9-10(2)17-15-8-6-5-7-12(13)15/h5-9,11,14H,4,16H2,1-3H3. The maximum absolute atomic E-state index is 6.17. The number of benzene rings is 1. The molecule has 17 heavy (non-hydrogen) atoms. The number of rotatable bonds is 3. The highest BCUT2D eigenvalue weighted by molar-refractivity contribution is 5.82. The van der Waals surface area contributed by atoms with Crippen LogP contribution in [0.15, 0.2) is 30.3 Å². The Morgan fingerprint density at radius 1 is 1.29 bits per heavy atom. The SMILES string of the molecule is CCC(N)C(C)c1cc(C)nc2ccccc12. The average Bonchev–Trinajstić information content (AvgIpc) is 2.35. The van der Waals surface area contributed by atoms with Crippen LogP contribution in [0, 0.1) is 6.92 Å². The smallest absolute Gasteiger partial charge is 0.0708 e. The van der Waals surface area contributed by atoms with Crippen molar-refractivity contribution in [2.45, 2.75) is 39.2 Å². The van der Waals surface area contributed by atoms with E-state index in [0.29, 0.717) is 5.92 Å².